The fraction of sp³-hybridized carbons (Fsp3) is 0.273. The molecule has 106 valence electrons. The standard InChI is InChI=1S/C11H11N3O5S/c1-20(15,16)10-6(11-13-8(4-12)19-14-11)2-3-7-9(10)18-5-17-7/h2-3H,4-5,12H2,1H3. The highest BCUT2D eigenvalue weighted by Gasteiger charge is 2.29. The van der Waals surface area contributed by atoms with Crippen molar-refractivity contribution in [1.29, 1.82) is 0 Å². The van der Waals surface area contributed by atoms with Crippen LogP contribution in [0.2, 0.25) is 0 Å². The SMILES string of the molecule is CS(=O)(=O)c1c(-c2noc(CN)n2)ccc2c1OCO2. The predicted molar refractivity (Wildman–Crippen MR) is 66.9 cm³/mol. The lowest BCUT2D eigenvalue weighted by Gasteiger charge is -2.07. The van der Waals surface area contributed by atoms with Gasteiger partial charge in [0.25, 0.3) is 0 Å². The minimum Gasteiger partial charge on any atom is -0.454 e. The van der Waals surface area contributed by atoms with Gasteiger partial charge in [-0.1, -0.05) is 5.16 Å². The normalized spacial score (nSPS) is 13.7. The second-order valence-electron chi connectivity index (χ2n) is 4.16. The van der Waals surface area contributed by atoms with Crippen molar-refractivity contribution in [3.05, 3.63) is 18.0 Å². The van der Waals surface area contributed by atoms with Crippen LogP contribution in [0.3, 0.4) is 0 Å². The van der Waals surface area contributed by atoms with Gasteiger partial charge < -0.3 is 19.7 Å². The van der Waals surface area contributed by atoms with Crippen LogP contribution in [0.1, 0.15) is 5.89 Å². The van der Waals surface area contributed by atoms with E-state index in [2.05, 4.69) is 10.1 Å². The van der Waals surface area contributed by atoms with Crippen LogP contribution in [0.5, 0.6) is 11.5 Å². The Hall–Kier alpha value is -2.13. The molecule has 9 heteroatoms. The summed E-state index contributed by atoms with van der Waals surface area (Å²) in [6.45, 7) is 0.0490. The second-order valence-corrected chi connectivity index (χ2v) is 6.12. The van der Waals surface area contributed by atoms with Crippen molar-refractivity contribution in [3.8, 4) is 22.9 Å². The maximum absolute atomic E-state index is 12.0. The van der Waals surface area contributed by atoms with Crippen molar-refractivity contribution in [3.63, 3.8) is 0 Å². The minimum atomic E-state index is -3.56. The number of rotatable bonds is 3. The number of nitrogens with zero attached hydrogens (tertiary/aromatic N) is 2. The molecule has 0 saturated carbocycles. The van der Waals surface area contributed by atoms with Gasteiger partial charge >= 0.3 is 0 Å². The third-order valence-corrected chi connectivity index (χ3v) is 3.90. The van der Waals surface area contributed by atoms with E-state index in [-0.39, 0.29) is 35.7 Å². The summed E-state index contributed by atoms with van der Waals surface area (Å²) in [5, 5.41) is 3.73. The third kappa shape index (κ3) is 2.00. The van der Waals surface area contributed by atoms with Crippen LogP contribution in [-0.2, 0) is 16.4 Å². The summed E-state index contributed by atoms with van der Waals surface area (Å²) in [6.07, 6.45) is 1.08. The van der Waals surface area contributed by atoms with Gasteiger partial charge in [0.2, 0.25) is 18.5 Å². The lowest BCUT2D eigenvalue weighted by Crippen LogP contribution is -2.03. The van der Waals surface area contributed by atoms with Gasteiger partial charge in [-0.2, -0.15) is 4.98 Å². The van der Waals surface area contributed by atoms with Gasteiger partial charge in [0.15, 0.2) is 21.3 Å². The molecule has 0 bridgehead atoms. The minimum absolute atomic E-state index is 0.0168. The zero-order chi connectivity index (χ0) is 14.3. The lowest BCUT2D eigenvalue weighted by atomic mass is 10.2. The molecule has 8 nitrogen and oxygen atoms in total. The van der Waals surface area contributed by atoms with Gasteiger partial charge in [-0.05, 0) is 12.1 Å². The Bertz CT molecular complexity index is 768. The van der Waals surface area contributed by atoms with Crippen LogP contribution in [0.15, 0.2) is 21.6 Å². The Labute approximate surface area is 114 Å². The first-order valence-electron chi connectivity index (χ1n) is 5.66. The largest absolute Gasteiger partial charge is 0.454 e. The molecule has 1 aliphatic rings. The van der Waals surface area contributed by atoms with Gasteiger partial charge in [-0.3, -0.25) is 0 Å². The van der Waals surface area contributed by atoms with Gasteiger partial charge in [0.1, 0.15) is 4.90 Å². The summed E-state index contributed by atoms with van der Waals surface area (Å²) in [6, 6.07) is 3.15. The van der Waals surface area contributed by atoms with E-state index in [1.807, 2.05) is 0 Å². The van der Waals surface area contributed by atoms with Crippen LogP contribution in [0.4, 0.5) is 0 Å². The highest BCUT2D eigenvalue weighted by Crippen LogP contribution is 2.43. The van der Waals surface area contributed by atoms with E-state index in [0.29, 0.717) is 11.3 Å². The number of nitrogens with two attached hydrogens (primary N) is 1. The number of sulfone groups is 1. The average Bonchev–Trinajstić information content (AvgIpc) is 3.04. The quantitative estimate of drug-likeness (QED) is 0.861. The molecule has 0 aliphatic carbocycles. The van der Waals surface area contributed by atoms with E-state index in [0.717, 1.165) is 6.26 Å². The predicted octanol–water partition coefficient (Wildman–Crippen LogP) is 0.327. The number of benzene rings is 1. The molecule has 0 saturated heterocycles. The van der Waals surface area contributed by atoms with Gasteiger partial charge in [0, 0.05) is 11.8 Å². The second kappa shape index (κ2) is 4.46. The molecule has 2 heterocycles. The van der Waals surface area contributed by atoms with Crippen LogP contribution in [0.25, 0.3) is 11.4 Å². The molecule has 0 spiro atoms. The number of aromatic nitrogens is 2. The highest BCUT2D eigenvalue weighted by molar-refractivity contribution is 7.91. The first-order chi connectivity index (χ1) is 9.50. The molecule has 1 aromatic carbocycles. The molecule has 2 N–H and O–H groups in total. The molecule has 1 aromatic heterocycles. The summed E-state index contributed by atoms with van der Waals surface area (Å²) in [4.78, 5) is 4.02. The smallest absolute Gasteiger partial charge is 0.240 e. The fourth-order valence-electron chi connectivity index (χ4n) is 1.94. The van der Waals surface area contributed by atoms with Crippen LogP contribution in [0, 0.1) is 0 Å². The molecule has 0 fully saturated rings. The Kier molecular flexibility index (Phi) is 2.87. The van der Waals surface area contributed by atoms with Crippen molar-refractivity contribution in [1.82, 2.24) is 10.1 Å². The molecule has 2 aromatic rings. The van der Waals surface area contributed by atoms with Gasteiger partial charge in [-0.25, -0.2) is 8.42 Å². The number of fused-ring (bicyclic) bond motifs is 1. The van der Waals surface area contributed by atoms with Crippen molar-refractivity contribution in [2.24, 2.45) is 5.73 Å². The topological polar surface area (TPSA) is 118 Å². The van der Waals surface area contributed by atoms with E-state index in [1.165, 1.54) is 0 Å². The van der Waals surface area contributed by atoms with E-state index in [9.17, 15) is 8.42 Å². The Morgan fingerprint density at radius 1 is 1.35 bits per heavy atom. The molecule has 0 atom stereocenters. The molecule has 3 rings (SSSR count). The summed E-state index contributed by atoms with van der Waals surface area (Å²) >= 11 is 0. The van der Waals surface area contributed by atoms with Crippen molar-refractivity contribution in [2.75, 3.05) is 13.0 Å². The molecule has 1 aliphatic heterocycles. The van der Waals surface area contributed by atoms with Crippen LogP contribution in [-0.4, -0.2) is 31.6 Å². The van der Waals surface area contributed by atoms with Crippen molar-refractivity contribution >= 4 is 9.84 Å². The fourth-order valence-corrected chi connectivity index (χ4v) is 2.99. The Morgan fingerprint density at radius 3 is 2.80 bits per heavy atom. The molecule has 20 heavy (non-hydrogen) atoms. The van der Waals surface area contributed by atoms with Crippen molar-refractivity contribution in [2.45, 2.75) is 11.4 Å². The first kappa shape index (κ1) is 12.9. The number of ether oxygens (including phenoxy) is 2. The average molecular weight is 297 g/mol. The third-order valence-electron chi connectivity index (χ3n) is 2.75. The Balaban J connectivity index is 2.26. The lowest BCUT2D eigenvalue weighted by molar-refractivity contribution is 0.172. The maximum atomic E-state index is 12.0. The zero-order valence-corrected chi connectivity index (χ0v) is 11.3. The van der Waals surface area contributed by atoms with E-state index in [4.69, 9.17) is 19.7 Å². The van der Waals surface area contributed by atoms with E-state index in [1.54, 1.807) is 12.1 Å². The first-order valence-corrected chi connectivity index (χ1v) is 7.55. The summed E-state index contributed by atoms with van der Waals surface area (Å²) < 4.78 is 39.4. The summed E-state index contributed by atoms with van der Waals surface area (Å²) in [7, 11) is -3.56. The monoisotopic (exact) mass is 297 g/mol. The molecule has 0 radical (unpaired) electrons. The van der Waals surface area contributed by atoms with Gasteiger partial charge in [-0.15, -0.1) is 0 Å². The highest BCUT2D eigenvalue weighted by atomic mass is 32.2. The van der Waals surface area contributed by atoms with Gasteiger partial charge in [0.05, 0.1) is 6.54 Å². The Morgan fingerprint density at radius 2 is 2.15 bits per heavy atom. The molecule has 0 unspecified atom stereocenters. The molecular weight excluding hydrogens is 286 g/mol. The zero-order valence-electron chi connectivity index (χ0n) is 10.5. The van der Waals surface area contributed by atoms with Crippen LogP contribution < -0.4 is 15.2 Å². The van der Waals surface area contributed by atoms with Crippen molar-refractivity contribution < 1.29 is 22.4 Å². The molecular formula is C11H11N3O5S. The molecule has 0 amide bonds. The summed E-state index contributed by atoms with van der Waals surface area (Å²) in [5.41, 5.74) is 5.69. The number of hydrogen-bond donors (Lipinski definition) is 1. The summed E-state index contributed by atoms with van der Waals surface area (Å²) in [5.74, 6) is 0.905. The number of hydrogen-bond acceptors (Lipinski definition) is 8. The maximum Gasteiger partial charge on any atom is 0.240 e. The van der Waals surface area contributed by atoms with E-state index < -0.39 is 9.84 Å². The van der Waals surface area contributed by atoms with E-state index >= 15 is 0 Å². The van der Waals surface area contributed by atoms with Crippen LogP contribution >= 0.6 is 0 Å².